The van der Waals surface area contributed by atoms with E-state index in [4.69, 9.17) is 16.2 Å². The van der Waals surface area contributed by atoms with Gasteiger partial charge in [-0.3, -0.25) is 4.79 Å². The first-order valence-corrected chi connectivity index (χ1v) is 6.42. The van der Waals surface area contributed by atoms with Gasteiger partial charge in [0.1, 0.15) is 6.10 Å². The quantitative estimate of drug-likeness (QED) is 0.873. The van der Waals surface area contributed by atoms with E-state index in [1.165, 1.54) is 6.07 Å². The normalized spacial score (nSPS) is 27.0. The Labute approximate surface area is 111 Å². The van der Waals surface area contributed by atoms with Crippen LogP contribution < -0.4 is 16.2 Å². The van der Waals surface area contributed by atoms with Crippen LogP contribution in [0.15, 0.2) is 18.2 Å². The van der Waals surface area contributed by atoms with E-state index in [0.29, 0.717) is 12.8 Å². The highest BCUT2D eigenvalue weighted by Crippen LogP contribution is 2.30. The number of ether oxygens (including phenoxy) is 1. The molecule has 0 aliphatic heterocycles. The number of benzene rings is 1. The summed E-state index contributed by atoms with van der Waals surface area (Å²) in [5.41, 5.74) is 11.2. The Kier molecular flexibility index (Phi) is 3.75. The monoisotopic (exact) mass is 266 g/mol. The Balaban J connectivity index is 2.11. The van der Waals surface area contributed by atoms with Crippen molar-refractivity contribution in [2.45, 2.75) is 44.2 Å². The zero-order valence-corrected chi connectivity index (χ0v) is 11.0. The van der Waals surface area contributed by atoms with Gasteiger partial charge in [0.05, 0.1) is 5.54 Å². The number of hydrogen-bond donors (Lipinski definition) is 2. The minimum atomic E-state index is -1.04. The van der Waals surface area contributed by atoms with E-state index < -0.39 is 17.3 Å². The zero-order chi connectivity index (χ0) is 14.0. The molecule has 19 heavy (non-hydrogen) atoms. The van der Waals surface area contributed by atoms with Crippen LogP contribution in [-0.4, -0.2) is 17.6 Å². The Hall–Kier alpha value is -1.62. The third-order valence-corrected chi connectivity index (χ3v) is 3.61. The molecule has 2 unspecified atom stereocenters. The lowest BCUT2D eigenvalue weighted by molar-refractivity contribution is -0.125. The van der Waals surface area contributed by atoms with Crippen molar-refractivity contribution in [3.63, 3.8) is 0 Å². The standard InChI is InChI=1S/C14H19FN2O2/c1-9-4-5-11(15)12(7-9)19-10-3-2-6-14(17,8-10)13(16)18/h4-5,7,10H,2-3,6,8,17H2,1H3,(H2,16,18). The average molecular weight is 266 g/mol. The van der Waals surface area contributed by atoms with Gasteiger partial charge in [0, 0.05) is 6.42 Å². The number of hydrogen-bond acceptors (Lipinski definition) is 3. The fraction of sp³-hybridized carbons (Fsp3) is 0.500. The van der Waals surface area contributed by atoms with Gasteiger partial charge in [-0.15, -0.1) is 0 Å². The Morgan fingerprint density at radius 2 is 2.26 bits per heavy atom. The van der Waals surface area contributed by atoms with Crippen molar-refractivity contribution < 1.29 is 13.9 Å². The Bertz CT molecular complexity index is 492. The molecule has 1 fully saturated rings. The molecule has 104 valence electrons. The number of carbonyl (C=O) groups is 1. The lowest BCUT2D eigenvalue weighted by Gasteiger charge is -2.35. The second-order valence-electron chi connectivity index (χ2n) is 5.29. The summed E-state index contributed by atoms with van der Waals surface area (Å²) in [4.78, 5) is 11.4. The fourth-order valence-electron chi connectivity index (χ4n) is 2.46. The predicted octanol–water partition coefficient (Wildman–Crippen LogP) is 1.64. The fourth-order valence-corrected chi connectivity index (χ4v) is 2.46. The molecule has 1 aromatic carbocycles. The van der Waals surface area contributed by atoms with Crippen LogP contribution in [0.3, 0.4) is 0 Å². The first-order valence-electron chi connectivity index (χ1n) is 6.42. The number of aryl methyl sites for hydroxylation is 1. The highest BCUT2D eigenvalue weighted by Gasteiger charge is 2.38. The van der Waals surface area contributed by atoms with E-state index in [-0.39, 0.29) is 11.9 Å². The molecular weight excluding hydrogens is 247 g/mol. The molecule has 1 aromatic rings. The highest BCUT2D eigenvalue weighted by molar-refractivity contribution is 5.84. The largest absolute Gasteiger partial charge is 0.487 e. The SMILES string of the molecule is Cc1ccc(F)c(OC2CCCC(N)(C(N)=O)C2)c1. The molecule has 0 bridgehead atoms. The second kappa shape index (κ2) is 5.17. The van der Waals surface area contributed by atoms with Crippen molar-refractivity contribution in [1.29, 1.82) is 0 Å². The van der Waals surface area contributed by atoms with E-state index in [0.717, 1.165) is 18.4 Å². The molecule has 0 heterocycles. The van der Waals surface area contributed by atoms with Gasteiger partial charge in [-0.05, 0) is 43.9 Å². The summed E-state index contributed by atoms with van der Waals surface area (Å²) in [7, 11) is 0. The molecule has 2 atom stereocenters. The van der Waals surface area contributed by atoms with Gasteiger partial charge in [-0.1, -0.05) is 6.07 Å². The van der Waals surface area contributed by atoms with Crippen LogP contribution in [0.25, 0.3) is 0 Å². The summed E-state index contributed by atoms with van der Waals surface area (Å²) in [6.07, 6.45) is 2.10. The summed E-state index contributed by atoms with van der Waals surface area (Å²) in [5.74, 6) is -0.720. The molecule has 0 spiro atoms. The van der Waals surface area contributed by atoms with Crippen LogP contribution in [0.5, 0.6) is 5.75 Å². The second-order valence-corrected chi connectivity index (χ2v) is 5.29. The molecule has 0 radical (unpaired) electrons. The van der Waals surface area contributed by atoms with Gasteiger partial charge >= 0.3 is 0 Å². The lowest BCUT2D eigenvalue weighted by Crippen LogP contribution is -2.56. The number of carbonyl (C=O) groups excluding carboxylic acids is 1. The zero-order valence-electron chi connectivity index (χ0n) is 11.0. The molecule has 5 heteroatoms. The van der Waals surface area contributed by atoms with Crippen molar-refractivity contribution in [3.8, 4) is 5.75 Å². The smallest absolute Gasteiger partial charge is 0.237 e. The van der Waals surface area contributed by atoms with Crippen molar-refractivity contribution in [2.75, 3.05) is 0 Å². The summed E-state index contributed by atoms with van der Waals surface area (Å²) in [6, 6.07) is 4.70. The maximum atomic E-state index is 13.6. The first-order chi connectivity index (χ1) is 8.90. The average Bonchev–Trinajstić information content (AvgIpc) is 2.34. The maximum Gasteiger partial charge on any atom is 0.237 e. The molecule has 0 saturated heterocycles. The van der Waals surface area contributed by atoms with Gasteiger partial charge in [0.25, 0.3) is 0 Å². The third-order valence-electron chi connectivity index (χ3n) is 3.61. The molecular formula is C14H19FN2O2. The highest BCUT2D eigenvalue weighted by atomic mass is 19.1. The lowest BCUT2D eigenvalue weighted by atomic mass is 9.80. The van der Waals surface area contributed by atoms with Crippen molar-refractivity contribution in [2.24, 2.45) is 11.5 Å². The van der Waals surface area contributed by atoms with Crippen LogP contribution >= 0.6 is 0 Å². The van der Waals surface area contributed by atoms with E-state index in [1.54, 1.807) is 12.1 Å². The van der Waals surface area contributed by atoms with Gasteiger partial charge in [-0.25, -0.2) is 4.39 Å². The van der Waals surface area contributed by atoms with Gasteiger partial charge in [-0.2, -0.15) is 0 Å². The van der Waals surface area contributed by atoms with E-state index >= 15 is 0 Å². The minimum absolute atomic E-state index is 0.207. The molecule has 1 saturated carbocycles. The number of nitrogens with two attached hydrogens (primary N) is 2. The Morgan fingerprint density at radius 1 is 1.53 bits per heavy atom. The first kappa shape index (κ1) is 13.8. The predicted molar refractivity (Wildman–Crippen MR) is 70.1 cm³/mol. The molecule has 4 nitrogen and oxygen atoms in total. The van der Waals surface area contributed by atoms with E-state index in [2.05, 4.69) is 0 Å². The van der Waals surface area contributed by atoms with Crippen molar-refractivity contribution in [3.05, 3.63) is 29.6 Å². The van der Waals surface area contributed by atoms with Crippen molar-refractivity contribution >= 4 is 5.91 Å². The summed E-state index contributed by atoms with van der Waals surface area (Å²) >= 11 is 0. The molecule has 0 aromatic heterocycles. The van der Waals surface area contributed by atoms with E-state index in [9.17, 15) is 9.18 Å². The molecule has 1 aliphatic rings. The summed E-state index contributed by atoms with van der Waals surface area (Å²) < 4.78 is 19.3. The minimum Gasteiger partial charge on any atom is -0.487 e. The summed E-state index contributed by atoms with van der Waals surface area (Å²) in [6.45, 7) is 1.86. The maximum absolute atomic E-state index is 13.6. The van der Waals surface area contributed by atoms with Crippen LogP contribution in [-0.2, 0) is 4.79 Å². The van der Waals surface area contributed by atoms with E-state index in [1.807, 2.05) is 6.92 Å². The third kappa shape index (κ3) is 3.04. The van der Waals surface area contributed by atoms with Gasteiger partial charge < -0.3 is 16.2 Å². The van der Waals surface area contributed by atoms with Crippen LogP contribution in [0, 0.1) is 12.7 Å². The molecule has 1 aliphatic carbocycles. The number of amides is 1. The Morgan fingerprint density at radius 3 is 2.95 bits per heavy atom. The molecule has 4 N–H and O–H groups in total. The summed E-state index contributed by atoms with van der Waals surface area (Å²) in [5, 5.41) is 0. The van der Waals surface area contributed by atoms with Crippen molar-refractivity contribution in [1.82, 2.24) is 0 Å². The number of primary amides is 1. The molecule has 1 amide bonds. The number of rotatable bonds is 3. The van der Waals surface area contributed by atoms with Crippen LogP contribution in [0.1, 0.15) is 31.2 Å². The van der Waals surface area contributed by atoms with Gasteiger partial charge in [0.15, 0.2) is 11.6 Å². The van der Waals surface area contributed by atoms with Crippen LogP contribution in [0.2, 0.25) is 0 Å². The van der Waals surface area contributed by atoms with Crippen LogP contribution in [0.4, 0.5) is 4.39 Å². The topological polar surface area (TPSA) is 78.3 Å². The molecule has 2 rings (SSSR count). The number of halogens is 1. The van der Waals surface area contributed by atoms with Gasteiger partial charge in [0.2, 0.25) is 5.91 Å².